The number of nitrogens with zero attached hydrogens (tertiary/aromatic N) is 2. The summed E-state index contributed by atoms with van der Waals surface area (Å²) < 4.78 is 0. The number of carbonyl (C=O) groups is 3. The molecule has 1 amide bonds. The van der Waals surface area contributed by atoms with Crippen LogP contribution >= 0.6 is 0 Å². The molecule has 1 atom stereocenters. The zero-order valence-electron chi connectivity index (χ0n) is 19.3. The fourth-order valence-corrected chi connectivity index (χ4v) is 4.86. The SMILES string of the molecule is CC(=O)c1cc(C2C3=C(CC(C)(C)CC3=O)Nc3ccccc3N2C(C)=O)cc([N+](=O)[O-])c1O. The molecule has 1 heterocycles. The van der Waals surface area contributed by atoms with Crippen LogP contribution in [0.3, 0.4) is 0 Å². The molecule has 176 valence electrons. The summed E-state index contributed by atoms with van der Waals surface area (Å²) in [6.07, 6.45) is 0.746. The van der Waals surface area contributed by atoms with Crippen LogP contribution in [0.4, 0.5) is 17.1 Å². The van der Waals surface area contributed by atoms with E-state index in [0.717, 1.165) is 6.07 Å². The first-order chi connectivity index (χ1) is 15.9. The Morgan fingerprint density at radius 1 is 1.18 bits per heavy atom. The molecule has 0 saturated carbocycles. The molecule has 9 heteroatoms. The van der Waals surface area contributed by atoms with Gasteiger partial charge in [-0.2, -0.15) is 0 Å². The number of hydrogen-bond acceptors (Lipinski definition) is 7. The smallest absolute Gasteiger partial charge is 0.311 e. The van der Waals surface area contributed by atoms with Gasteiger partial charge in [-0.15, -0.1) is 0 Å². The molecular weight excluding hydrogens is 438 g/mol. The molecule has 2 aliphatic rings. The van der Waals surface area contributed by atoms with E-state index in [1.54, 1.807) is 24.3 Å². The fourth-order valence-electron chi connectivity index (χ4n) is 4.86. The van der Waals surface area contributed by atoms with Gasteiger partial charge in [0.05, 0.1) is 27.9 Å². The second-order valence-corrected chi connectivity index (χ2v) is 9.52. The number of anilines is 2. The minimum atomic E-state index is -1.02. The summed E-state index contributed by atoms with van der Waals surface area (Å²) in [6.45, 7) is 6.50. The van der Waals surface area contributed by atoms with Crippen LogP contribution in [-0.2, 0) is 9.59 Å². The lowest BCUT2D eigenvalue weighted by molar-refractivity contribution is -0.386. The van der Waals surface area contributed by atoms with E-state index in [0.29, 0.717) is 29.1 Å². The van der Waals surface area contributed by atoms with Crippen LogP contribution in [0.25, 0.3) is 0 Å². The maximum Gasteiger partial charge on any atom is 0.311 e. The summed E-state index contributed by atoms with van der Waals surface area (Å²) in [4.78, 5) is 51.1. The van der Waals surface area contributed by atoms with Crippen LogP contribution in [0.5, 0.6) is 5.75 Å². The predicted octanol–water partition coefficient (Wildman–Crippen LogP) is 4.67. The summed E-state index contributed by atoms with van der Waals surface area (Å²) in [5.41, 5.74) is 1.02. The number of nitro benzene ring substituents is 1. The van der Waals surface area contributed by atoms with Crippen molar-refractivity contribution in [3.05, 3.63) is 68.9 Å². The van der Waals surface area contributed by atoms with Crippen molar-refractivity contribution in [2.24, 2.45) is 5.41 Å². The molecule has 0 aromatic heterocycles. The highest BCUT2D eigenvalue weighted by Crippen LogP contribution is 2.49. The first-order valence-corrected chi connectivity index (χ1v) is 10.9. The maximum absolute atomic E-state index is 13.5. The Morgan fingerprint density at radius 2 is 1.85 bits per heavy atom. The lowest BCUT2D eigenvalue weighted by atomic mass is 9.73. The number of phenolic OH excluding ortho intramolecular Hbond substituents is 1. The van der Waals surface area contributed by atoms with E-state index in [1.165, 1.54) is 24.8 Å². The molecular formula is C25H25N3O6. The van der Waals surface area contributed by atoms with Gasteiger partial charge in [0, 0.05) is 30.7 Å². The van der Waals surface area contributed by atoms with Crippen molar-refractivity contribution in [3.8, 4) is 5.75 Å². The molecule has 0 saturated heterocycles. The van der Waals surface area contributed by atoms with Crippen LogP contribution in [0.2, 0.25) is 0 Å². The Balaban J connectivity index is 2.09. The summed E-state index contributed by atoms with van der Waals surface area (Å²) in [6, 6.07) is 8.52. The first-order valence-electron chi connectivity index (χ1n) is 10.9. The van der Waals surface area contributed by atoms with E-state index in [-0.39, 0.29) is 34.7 Å². The number of rotatable bonds is 3. The van der Waals surface area contributed by atoms with Crippen LogP contribution in [0.15, 0.2) is 47.7 Å². The normalized spacial score (nSPS) is 19.0. The highest BCUT2D eigenvalue weighted by atomic mass is 16.6. The Morgan fingerprint density at radius 3 is 2.47 bits per heavy atom. The number of Topliss-reactive ketones (excluding diaryl/α,β-unsaturated/α-hetero) is 2. The van der Waals surface area contributed by atoms with Gasteiger partial charge in [-0.3, -0.25) is 29.4 Å². The largest absolute Gasteiger partial charge is 0.502 e. The van der Waals surface area contributed by atoms with Crippen LogP contribution < -0.4 is 10.2 Å². The number of allylic oxidation sites excluding steroid dienone is 1. The van der Waals surface area contributed by atoms with Gasteiger partial charge in [-0.05, 0) is 42.5 Å². The Bertz CT molecular complexity index is 1260. The van der Waals surface area contributed by atoms with Crippen molar-refractivity contribution < 1.29 is 24.4 Å². The number of para-hydroxylation sites is 2. The van der Waals surface area contributed by atoms with Crippen LogP contribution in [0.1, 0.15) is 62.5 Å². The van der Waals surface area contributed by atoms with Gasteiger partial charge in [0.2, 0.25) is 11.7 Å². The Hall–Kier alpha value is -4.01. The van der Waals surface area contributed by atoms with E-state index in [4.69, 9.17) is 0 Å². The van der Waals surface area contributed by atoms with Crippen molar-refractivity contribution in [2.45, 2.75) is 46.6 Å². The third-order valence-corrected chi connectivity index (χ3v) is 6.24. The number of amides is 1. The topological polar surface area (TPSA) is 130 Å². The van der Waals surface area contributed by atoms with Crippen molar-refractivity contribution >= 4 is 34.5 Å². The molecule has 2 aromatic rings. The Labute approximate surface area is 196 Å². The summed E-state index contributed by atoms with van der Waals surface area (Å²) in [5, 5.41) is 25.4. The minimum absolute atomic E-state index is 0.192. The van der Waals surface area contributed by atoms with Crippen molar-refractivity contribution in [1.29, 1.82) is 0 Å². The van der Waals surface area contributed by atoms with E-state index in [2.05, 4.69) is 5.32 Å². The van der Waals surface area contributed by atoms with E-state index in [1.807, 2.05) is 13.8 Å². The molecule has 0 radical (unpaired) electrons. The lowest BCUT2D eigenvalue weighted by Gasteiger charge is -2.36. The fraction of sp³-hybridized carbons (Fsp3) is 0.320. The Kier molecular flexibility index (Phi) is 5.51. The van der Waals surface area contributed by atoms with Gasteiger partial charge < -0.3 is 10.4 Å². The monoisotopic (exact) mass is 463 g/mol. The second kappa shape index (κ2) is 8.09. The number of aromatic hydroxyl groups is 1. The van der Waals surface area contributed by atoms with Gasteiger partial charge in [-0.1, -0.05) is 26.0 Å². The maximum atomic E-state index is 13.5. The quantitative estimate of drug-likeness (QED) is 0.384. The second-order valence-electron chi connectivity index (χ2n) is 9.52. The molecule has 9 nitrogen and oxygen atoms in total. The van der Waals surface area contributed by atoms with Gasteiger partial charge in [0.1, 0.15) is 0 Å². The summed E-state index contributed by atoms with van der Waals surface area (Å²) in [5.74, 6) is -1.89. The van der Waals surface area contributed by atoms with Gasteiger partial charge in [-0.25, -0.2) is 0 Å². The molecule has 0 bridgehead atoms. The molecule has 2 N–H and O–H groups in total. The number of nitro groups is 1. The molecule has 1 aliphatic heterocycles. The predicted molar refractivity (Wildman–Crippen MR) is 126 cm³/mol. The molecule has 1 unspecified atom stereocenters. The average molecular weight is 463 g/mol. The zero-order valence-corrected chi connectivity index (χ0v) is 19.3. The van der Waals surface area contributed by atoms with E-state index < -0.39 is 28.2 Å². The van der Waals surface area contributed by atoms with Crippen LogP contribution in [-0.4, -0.2) is 27.5 Å². The number of fused-ring (bicyclic) bond motifs is 1. The number of carbonyl (C=O) groups excluding carboxylic acids is 3. The number of phenols is 1. The highest BCUT2D eigenvalue weighted by Gasteiger charge is 2.43. The van der Waals surface area contributed by atoms with Gasteiger partial charge >= 0.3 is 5.69 Å². The number of hydrogen-bond donors (Lipinski definition) is 2. The van der Waals surface area contributed by atoms with E-state index >= 15 is 0 Å². The molecule has 1 aliphatic carbocycles. The van der Waals surface area contributed by atoms with E-state index in [9.17, 15) is 29.6 Å². The summed E-state index contributed by atoms with van der Waals surface area (Å²) >= 11 is 0. The standard InChI is InChI=1S/C25H25N3O6/c1-13(29)16-9-15(10-20(24(16)32)28(33)34)23-22-18(11-25(3,4)12-21(22)31)26-17-7-5-6-8-19(17)27(23)14(2)30/h5-10,23,26,32H,11-12H2,1-4H3. The molecule has 0 fully saturated rings. The molecule has 4 rings (SSSR count). The highest BCUT2D eigenvalue weighted by molar-refractivity contribution is 6.06. The van der Waals surface area contributed by atoms with Crippen molar-refractivity contribution in [1.82, 2.24) is 0 Å². The molecule has 0 spiro atoms. The third kappa shape index (κ3) is 3.83. The van der Waals surface area contributed by atoms with Crippen molar-refractivity contribution in [2.75, 3.05) is 10.2 Å². The molecule has 2 aromatic carbocycles. The first kappa shape index (κ1) is 23.2. The zero-order chi connectivity index (χ0) is 24.9. The minimum Gasteiger partial charge on any atom is -0.502 e. The van der Waals surface area contributed by atoms with Gasteiger partial charge in [0.25, 0.3) is 0 Å². The lowest BCUT2D eigenvalue weighted by Crippen LogP contribution is -2.38. The van der Waals surface area contributed by atoms with Crippen molar-refractivity contribution in [3.63, 3.8) is 0 Å². The number of ketones is 2. The van der Waals surface area contributed by atoms with Gasteiger partial charge in [0.15, 0.2) is 11.6 Å². The summed E-state index contributed by atoms with van der Waals surface area (Å²) in [7, 11) is 0. The number of benzene rings is 2. The van der Waals surface area contributed by atoms with Crippen LogP contribution in [0, 0.1) is 15.5 Å². The third-order valence-electron chi connectivity index (χ3n) is 6.24. The number of nitrogens with one attached hydrogen (secondary N) is 1. The molecule has 34 heavy (non-hydrogen) atoms. The average Bonchev–Trinajstić information content (AvgIpc) is 2.86.